The number of hydrogen-bond acceptors (Lipinski definition) is 2. The van der Waals surface area contributed by atoms with Gasteiger partial charge in [0.05, 0.1) is 0 Å². The molecule has 3 unspecified atom stereocenters. The first kappa shape index (κ1) is 13.5. The number of nitrogens with one attached hydrogen (secondary N) is 1. The maximum absolute atomic E-state index is 3.83. The molecule has 1 N–H and O–H groups in total. The summed E-state index contributed by atoms with van der Waals surface area (Å²) in [6.07, 6.45) is 6.63. The molecule has 0 saturated carbocycles. The highest BCUT2D eigenvalue weighted by molar-refractivity contribution is 8.00. The maximum atomic E-state index is 3.83. The Balaban J connectivity index is 1.70. The van der Waals surface area contributed by atoms with Gasteiger partial charge in [0.25, 0.3) is 0 Å². The molecule has 0 aromatic heterocycles. The Morgan fingerprint density at radius 2 is 2.00 bits per heavy atom. The van der Waals surface area contributed by atoms with Gasteiger partial charge in [0, 0.05) is 17.3 Å². The largest absolute Gasteiger partial charge is 0.306 e. The van der Waals surface area contributed by atoms with E-state index < -0.39 is 0 Å². The van der Waals surface area contributed by atoms with Crippen LogP contribution >= 0.6 is 11.8 Å². The van der Waals surface area contributed by atoms with Crippen molar-refractivity contribution in [3.05, 3.63) is 34.9 Å². The summed E-state index contributed by atoms with van der Waals surface area (Å²) < 4.78 is 0. The number of fused-ring (bicyclic) bond motifs is 1. The minimum Gasteiger partial charge on any atom is -0.306 e. The van der Waals surface area contributed by atoms with E-state index in [1.165, 1.54) is 43.4 Å². The van der Waals surface area contributed by atoms with Crippen LogP contribution in [-0.4, -0.2) is 17.0 Å². The Bertz CT molecular complexity index is 443. The van der Waals surface area contributed by atoms with E-state index in [1.807, 2.05) is 0 Å². The molecule has 1 aromatic rings. The van der Waals surface area contributed by atoms with E-state index in [-0.39, 0.29) is 0 Å². The summed E-state index contributed by atoms with van der Waals surface area (Å²) in [5.74, 6) is 1.32. The van der Waals surface area contributed by atoms with Crippen molar-refractivity contribution in [2.75, 3.05) is 5.75 Å². The van der Waals surface area contributed by atoms with Gasteiger partial charge >= 0.3 is 0 Å². The van der Waals surface area contributed by atoms with Crippen molar-refractivity contribution in [3.8, 4) is 0 Å². The Kier molecular flexibility index (Phi) is 4.18. The van der Waals surface area contributed by atoms with Gasteiger partial charge in [0.15, 0.2) is 0 Å². The summed E-state index contributed by atoms with van der Waals surface area (Å²) in [4.78, 5) is 0. The predicted molar refractivity (Wildman–Crippen MR) is 85.0 cm³/mol. The van der Waals surface area contributed by atoms with E-state index in [2.05, 4.69) is 49.1 Å². The third kappa shape index (κ3) is 3.00. The molecule has 3 rings (SSSR count). The minimum atomic E-state index is 0.485. The van der Waals surface area contributed by atoms with Gasteiger partial charge in [-0.05, 0) is 61.5 Å². The fourth-order valence-corrected chi connectivity index (χ4v) is 4.60. The van der Waals surface area contributed by atoms with Crippen molar-refractivity contribution in [1.82, 2.24) is 5.32 Å². The minimum absolute atomic E-state index is 0.485. The van der Waals surface area contributed by atoms with Gasteiger partial charge in [-0.3, -0.25) is 0 Å². The van der Waals surface area contributed by atoms with Crippen molar-refractivity contribution in [2.45, 2.75) is 63.3 Å². The molecule has 1 nitrogen and oxygen atoms in total. The standard InChI is InChI=1S/C17H25NS/c1-12(18-17-9-10-19-13(17)2)15-8-7-14-5-3-4-6-16(14)11-15/h7-8,11-13,17-18H,3-6,9-10H2,1-2H3. The molecular weight excluding hydrogens is 250 g/mol. The van der Waals surface area contributed by atoms with Crippen LogP contribution in [0.15, 0.2) is 18.2 Å². The van der Waals surface area contributed by atoms with Gasteiger partial charge in [-0.2, -0.15) is 11.8 Å². The molecule has 1 aliphatic heterocycles. The number of thioether (sulfide) groups is 1. The summed E-state index contributed by atoms with van der Waals surface area (Å²) >= 11 is 2.10. The zero-order chi connectivity index (χ0) is 13.2. The quantitative estimate of drug-likeness (QED) is 0.891. The Morgan fingerprint density at radius 3 is 2.74 bits per heavy atom. The lowest BCUT2D eigenvalue weighted by Gasteiger charge is -2.24. The lowest BCUT2D eigenvalue weighted by Crippen LogP contribution is -2.35. The number of aryl methyl sites for hydroxylation is 2. The second-order valence-electron chi connectivity index (χ2n) is 6.09. The molecule has 19 heavy (non-hydrogen) atoms. The Hall–Kier alpha value is -0.470. The van der Waals surface area contributed by atoms with E-state index in [9.17, 15) is 0 Å². The van der Waals surface area contributed by atoms with Gasteiger partial charge in [-0.1, -0.05) is 25.1 Å². The van der Waals surface area contributed by atoms with Crippen molar-refractivity contribution in [3.63, 3.8) is 0 Å². The second kappa shape index (κ2) is 5.88. The summed E-state index contributed by atoms with van der Waals surface area (Å²) in [6, 6.07) is 8.34. The molecule has 2 heteroatoms. The second-order valence-corrected chi connectivity index (χ2v) is 7.58. The van der Waals surface area contributed by atoms with Crippen LogP contribution in [0.3, 0.4) is 0 Å². The average Bonchev–Trinajstić information content (AvgIpc) is 2.84. The molecule has 0 radical (unpaired) electrons. The van der Waals surface area contributed by atoms with Gasteiger partial charge in [0.1, 0.15) is 0 Å². The molecule has 1 fully saturated rings. The summed E-state index contributed by atoms with van der Waals surface area (Å²) in [6.45, 7) is 4.68. The molecular formula is C17H25NS. The highest BCUT2D eigenvalue weighted by Crippen LogP contribution is 2.29. The average molecular weight is 275 g/mol. The van der Waals surface area contributed by atoms with Crippen LogP contribution in [0.4, 0.5) is 0 Å². The van der Waals surface area contributed by atoms with E-state index in [0.29, 0.717) is 12.1 Å². The SMILES string of the molecule is CC(NC1CCSC1C)c1ccc2c(c1)CCCC2. The molecule has 1 aromatic carbocycles. The first-order valence-electron chi connectivity index (χ1n) is 7.73. The molecule has 0 spiro atoms. The highest BCUT2D eigenvalue weighted by Gasteiger charge is 2.25. The maximum Gasteiger partial charge on any atom is 0.0294 e. The predicted octanol–water partition coefficient (Wildman–Crippen LogP) is 4.11. The van der Waals surface area contributed by atoms with E-state index in [1.54, 1.807) is 11.1 Å². The third-order valence-corrected chi connectivity index (χ3v) is 6.04. The summed E-state index contributed by atoms with van der Waals surface area (Å²) in [7, 11) is 0. The molecule has 104 valence electrons. The van der Waals surface area contributed by atoms with E-state index >= 15 is 0 Å². The van der Waals surface area contributed by atoms with E-state index in [0.717, 1.165) is 5.25 Å². The zero-order valence-electron chi connectivity index (χ0n) is 12.1. The van der Waals surface area contributed by atoms with Gasteiger partial charge < -0.3 is 5.32 Å². The lowest BCUT2D eigenvalue weighted by atomic mass is 9.89. The van der Waals surface area contributed by atoms with Crippen LogP contribution < -0.4 is 5.32 Å². The molecule has 1 aliphatic carbocycles. The monoisotopic (exact) mass is 275 g/mol. The van der Waals surface area contributed by atoms with Crippen LogP contribution in [0, 0.1) is 0 Å². The topological polar surface area (TPSA) is 12.0 Å². The van der Waals surface area contributed by atoms with Crippen molar-refractivity contribution < 1.29 is 0 Å². The summed E-state index contributed by atoms with van der Waals surface area (Å²) in [5.41, 5.74) is 4.67. The zero-order valence-corrected chi connectivity index (χ0v) is 12.9. The molecule has 2 aliphatic rings. The first-order chi connectivity index (χ1) is 9.24. The van der Waals surface area contributed by atoms with Crippen LogP contribution in [0.2, 0.25) is 0 Å². The molecule has 3 atom stereocenters. The van der Waals surface area contributed by atoms with Crippen molar-refractivity contribution in [2.24, 2.45) is 0 Å². The number of benzene rings is 1. The van der Waals surface area contributed by atoms with Crippen molar-refractivity contribution in [1.29, 1.82) is 0 Å². The Morgan fingerprint density at radius 1 is 1.21 bits per heavy atom. The van der Waals surface area contributed by atoms with Gasteiger partial charge in [0.2, 0.25) is 0 Å². The molecule has 0 amide bonds. The van der Waals surface area contributed by atoms with Crippen LogP contribution in [0.1, 0.15) is 55.8 Å². The number of rotatable bonds is 3. The van der Waals surface area contributed by atoms with Crippen LogP contribution in [-0.2, 0) is 12.8 Å². The lowest BCUT2D eigenvalue weighted by molar-refractivity contribution is 0.453. The fourth-order valence-electron chi connectivity index (χ4n) is 3.39. The van der Waals surface area contributed by atoms with E-state index in [4.69, 9.17) is 0 Å². The normalized spacial score (nSPS) is 28.1. The van der Waals surface area contributed by atoms with Crippen molar-refractivity contribution >= 4 is 11.8 Å². The van der Waals surface area contributed by atoms with Gasteiger partial charge in [-0.15, -0.1) is 0 Å². The van der Waals surface area contributed by atoms with Crippen LogP contribution in [0.5, 0.6) is 0 Å². The smallest absolute Gasteiger partial charge is 0.0294 e. The Labute approximate surface area is 121 Å². The molecule has 1 saturated heterocycles. The summed E-state index contributed by atoms with van der Waals surface area (Å²) in [5, 5.41) is 4.59. The fraction of sp³-hybridized carbons (Fsp3) is 0.647. The third-order valence-electron chi connectivity index (χ3n) is 4.71. The molecule has 0 bridgehead atoms. The first-order valence-corrected chi connectivity index (χ1v) is 8.78. The van der Waals surface area contributed by atoms with Crippen LogP contribution in [0.25, 0.3) is 0 Å². The van der Waals surface area contributed by atoms with Gasteiger partial charge in [-0.25, -0.2) is 0 Å². The molecule has 1 heterocycles. The highest BCUT2D eigenvalue weighted by atomic mass is 32.2. The number of hydrogen-bond donors (Lipinski definition) is 1.